The van der Waals surface area contributed by atoms with Crippen LogP contribution in [0.5, 0.6) is 5.75 Å². The van der Waals surface area contributed by atoms with Gasteiger partial charge >= 0.3 is 0 Å². The summed E-state index contributed by atoms with van der Waals surface area (Å²) < 4.78 is 7.93. The Kier molecular flexibility index (Phi) is 4.61. The minimum atomic E-state index is -0.130. The Morgan fingerprint density at radius 3 is 2.92 bits per heavy atom. The van der Waals surface area contributed by atoms with E-state index in [2.05, 4.69) is 22.9 Å². The van der Waals surface area contributed by atoms with E-state index >= 15 is 0 Å². The van der Waals surface area contributed by atoms with E-state index in [1.165, 1.54) is 0 Å². The molecular formula is C21H23N3O2. The summed E-state index contributed by atoms with van der Waals surface area (Å²) in [5.41, 5.74) is 3.26. The Morgan fingerprint density at radius 2 is 2.04 bits per heavy atom. The lowest BCUT2D eigenvalue weighted by Crippen LogP contribution is -2.38. The Hall–Kier alpha value is -2.82. The molecule has 0 saturated heterocycles. The molecule has 0 radical (unpaired) electrons. The summed E-state index contributed by atoms with van der Waals surface area (Å²) in [6.07, 6.45) is 1.45. The number of aryl methyl sites for hydroxylation is 1. The minimum Gasteiger partial charge on any atom is -0.492 e. The van der Waals surface area contributed by atoms with Crippen LogP contribution in [0.15, 0.2) is 48.5 Å². The second kappa shape index (κ2) is 7.20. The highest BCUT2D eigenvalue weighted by Crippen LogP contribution is 2.26. The van der Waals surface area contributed by atoms with Crippen LogP contribution >= 0.6 is 0 Å². The van der Waals surface area contributed by atoms with Crippen molar-refractivity contribution < 1.29 is 9.53 Å². The molecule has 2 aromatic carbocycles. The standard InChI is InChI=1S/C21H23N3O2/c1-2-24-18-9-5-4-8-17(18)23-20(24)11-12-22-21(25)16-13-15-7-3-6-10-19(15)26-14-16/h3-10,16H,2,11-14H2,1H3,(H,22,25). The molecule has 3 aromatic rings. The number of hydrogen-bond donors (Lipinski definition) is 1. The lowest BCUT2D eigenvalue weighted by atomic mass is 9.96. The van der Waals surface area contributed by atoms with Gasteiger partial charge in [0.25, 0.3) is 0 Å². The molecule has 1 N–H and O–H groups in total. The molecule has 0 aliphatic carbocycles. The molecule has 0 saturated carbocycles. The van der Waals surface area contributed by atoms with Crippen LogP contribution in [-0.2, 0) is 24.2 Å². The first-order chi connectivity index (χ1) is 12.8. The van der Waals surface area contributed by atoms with Gasteiger partial charge in [-0.25, -0.2) is 4.98 Å². The maximum absolute atomic E-state index is 12.5. The predicted molar refractivity (Wildman–Crippen MR) is 101 cm³/mol. The van der Waals surface area contributed by atoms with Crippen molar-refractivity contribution >= 4 is 16.9 Å². The maximum Gasteiger partial charge on any atom is 0.226 e. The smallest absolute Gasteiger partial charge is 0.226 e. The van der Waals surface area contributed by atoms with Crippen molar-refractivity contribution in [3.05, 3.63) is 59.9 Å². The first-order valence-corrected chi connectivity index (χ1v) is 9.19. The molecule has 1 atom stereocenters. The maximum atomic E-state index is 12.5. The van der Waals surface area contributed by atoms with Gasteiger partial charge in [-0.1, -0.05) is 30.3 Å². The molecule has 2 heterocycles. The zero-order valence-electron chi connectivity index (χ0n) is 14.9. The summed E-state index contributed by atoms with van der Waals surface area (Å²) in [6, 6.07) is 16.1. The van der Waals surface area contributed by atoms with Gasteiger partial charge in [-0.2, -0.15) is 0 Å². The van der Waals surface area contributed by atoms with Crippen molar-refractivity contribution in [1.82, 2.24) is 14.9 Å². The van der Waals surface area contributed by atoms with Crippen LogP contribution in [0.1, 0.15) is 18.3 Å². The number of aromatic nitrogens is 2. The van der Waals surface area contributed by atoms with Crippen molar-refractivity contribution in [2.75, 3.05) is 13.2 Å². The molecule has 1 aliphatic rings. The van der Waals surface area contributed by atoms with E-state index in [9.17, 15) is 4.79 Å². The van der Waals surface area contributed by atoms with Gasteiger partial charge in [0.2, 0.25) is 5.91 Å². The molecular weight excluding hydrogens is 326 g/mol. The number of carbonyl (C=O) groups is 1. The number of para-hydroxylation sites is 3. The van der Waals surface area contributed by atoms with Crippen LogP contribution in [0.25, 0.3) is 11.0 Å². The number of amides is 1. The van der Waals surface area contributed by atoms with E-state index < -0.39 is 0 Å². The molecule has 0 spiro atoms. The molecule has 5 nitrogen and oxygen atoms in total. The molecule has 1 aliphatic heterocycles. The molecule has 134 valence electrons. The van der Waals surface area contributed by atoms with Gasteiger partial charge in [0.1, 0.15) is 18.2 Å². The highest BCUT2D eigenvalue weighted by Gasteiger charge is 2.25. The van der Waals surface area contributed by atoms with Crippen molar-refractivity contribution in [2.45, 2.75) is 26.3 Å². The van der Waals surface area contributed by atoms with E-state index in [1.807, 2.05) is 42.5 Å². The molecule has 1 unspecified atom stereocenters. The summed E-state index contributed by atoms with van der Waals surface area (Å²) in [6.45, 7) is 4.01. The predicted octanol–water partition coefficient (Wildman–Crippen LogP) is 2.97. The molecule has 0 bridgehead atoms. The number of nitrogens with zero attached hydrogens (tertiary/aromatic N) is 2. The first-order valence-electron chi connectivity index (χ1n) is 9.19. The number of nitrogens with one attached hydrogen (secondary N) is 1. The Bertz CT molecular complexity index is 932. The topological polar surface area (TPSA) is 56.2 Å². The second-order valence-corrected chi connectivity index (χ2v) is 6.62. The fraction of sp³-hybridized carbons (Fsp3) is 0.333. The number of carbonyl (C=O) groups excluding carboxylic acids is 1. The lowest BCUT2D eigenvalue weighted by molar-refractivity contribution is -0.126. The molecule has 1 aromatic heterocycles. The van der Waals surface area contributed by atoms with Crippen molar-refractivity contribution in [1.29, 1.82) is 0 Å². The summed E-state index contributed by atoms with van der Waals surface area (Å²) in [5.74, 6) is 1.83. The fourth-order valence-corrected chi connectivity index (χ4v) is 3.61. The average molecular weight is 349 g/mol. The molecule has 4 rings (SSSR count). The third kappa shape index (κ3) is 3.17. The number of ether oxygens (including phenoxy) is 1. The normalized spacial score (nSPS) is 16.1. The molecule has 1 amide bonds. The zero-order chi connectivity index (χ0) is 17.9. The van der Waals surface area contributed by atoms with Gasteiger partial charge in [0, 0.05) is 19.5 Å². The van der Waals surface area contributed by atoms with Gasteiger partial charge in [-0.15, -0.1) is 0 Å². The highest BCUT2D eigenvalue weighted by molar-refractivity contribution is 5.79. The van der Waals surface area contributed by atoms with E-state index in [1.54, 1.807) is 0 Å². The van der Waals surface area contributed by atoms with E-state index in [-0.39, 0.29) is 11.8 Å². The number of imidazole rings is 1. The van der Waals surface area contributed by atoms with Crippen molar-refractivity contribution in [2.24, 2.45) is 5.92 Å². The number of rotatable bonds is 5. The highest BCUT2D eigenvalue weighted by atomic mass is 16.5. The molecule has 26 heavy (non-hydrogen) atoms. The SMILES string of the molecule is CCn1c(CCNC(=O)C2COc3ccccc3C2)nc2ccccc21. The third-order valence-corrected chi connectivity index (χ3v) is 4.95. The second-order valence-electron chi connectivity index (χ2n) is 6.62. The largest absolute Gasteiger partial charge is 0.492 e. The van der Waals surface area contributed by atoms with Crippen LogP contribution in [0.3, 0.4) is 0 Å². The van der Waals surface area contributed by atoms with Crippen LogP contribution in [0.4, 0.5) is 0 Å². The van der Waals surface area contributed by atoms with Crippen LogP contribution in [0, 0.1) is 5.92 Å². The third-order valence-electron chi connectivity index (χ3n) is 4.95. The number of fused-ring (bicyclic) bond motifs is 2. The number of hydrogen-bond acceptors (Lipinski definition) is 3. The number of benzene rings is 2. The van der Waals surface area contributed by atoms with Gasteiger partial charge in [-0.3, -0.25) is 4.79 Å². The van der Waals surface area contributed by atoms with Crippen LogP contribution in [0.2, 0.25) is 0 Å². The van der Waals surface area contributed by atoms with E-state index in [4.69, 9.17) is 9.72 Å². The van der Waals surface area contributed by atoms with Crippen LogP contribution in [-0.4, -0.2) is 28.6 Å². The lowest BCUT2D eigenvalue weighted by Gasteiger charge is -2.24. The Balaban J connectivity index is 1.37. The first kappa shape index (κ1) is 16.6. The fourth-order valence-electron chi connectivity index (χ4n) is 3.61. The summed E-state index contributed by atoms with van der Waals surface area (Å²) in [5, 5.41) is 3.06. The summed E-state index contributed by atoms with van der Waals surface area (Å²) in [4.78, 5) is 17.2. The monoisotopic (exact) mass is 349 g/mol. The quantitative estimate of drug-likeness (QED) is 0.770. The van der Waals surface area contributed by atoms with Gasteiger partial charge in [-0.05, 0) is 37.1 Å². The van der Waals surface area contributed by atoms with Crippen molar-refractivity contribution in [3.63, 3.8) is 0 Å². The van der Waals surface area contributed by atoms with Gasteiger partial charge in [0.15, 0.2) is 0 Å². The average Bonchev–Trinajstić information content (AvgIpc) is 3.04. The summed E-state index contributed by atoms with van der Waals surface area (Å²) in [7, 11) is 0. The minimum absolute atomic E-state index is 0.0543. The molecule has 5 heteroatoms. The van der Waals surface area contributed by atoms with Crippen molar-refractivity contribution in [3.8, 4) is 5.75 Å². The van der Waals surface area contributed by atoms with Crippen LogP contribution < -0.4 is 10.1 Å². The Morgan fingerprint density at radius 1 is 1.23 bits per heavy atom. The Labute approximate surface area is 153 Å². The zero-order valence-corrected chi connectivity index (χ0v) is 14.9. The van der Waals surface area contributed by atoms with Gasteiger partial charge < -0.3 is 14.6 Å². The van der Waals surface area contributed by atoms with E-state index in [0.717, 1.165) is 47.6 Å². The molecule has 0 fully saturated rings. The summed E-state index contributed by atoms with van der Waals surface area (Å²) >= 11 is 0. The van der Waals surface area contributed by atoms with Gasteiger partial charge in [0.05, 0.1) is 17.0 Å². The van der Waals surface area contributed by atoms with E-state index in [0.29, 0.717) is 13.2 Å².